The molecule has 0 saturated carbocycles. The molecular formula is C17H17N3O2. The monoisotopic (exact) mass is 295 g/mol. The molecule has 0 aromatic heterocycles. The zero-order valence-corrected chi connectivity index (χ0v) is 12.2. The number of hydrogen-bond donors (Lipinski definition) is 2. The molecule has 1 heterocycles. The van der Waals surface area contributed by atoms with Gasteiger partial charge in [-0.3, -0.25) is 10.1 Å². The number of aliphatic imine (C=N–C) groups is 1. The van der Waals surface area contributed by atoms with Crippen molar-refractivity contribution in [3.8, 4) is 5.75 Å². The van der Waals surface area contributed by atoms with E-state index >= 15 is 0 Å². The number of nitrogens with one attached hydrogen (secondary N) is 1. The van der Waals surface area contributed by atoms with Gasteiger partial charge >= 0.3 is 0 Å². The molecule has 2 aromatic carbocycles. The van der Waals surface area contributed by atoms with E-state index in [0.717, 1.165) is 16.9 Å². The SMILES string of the molecule is COc1cccc(C[C@@]2(c3ccccc3)N=C(N)NC2=O)c1. The summed E-state index contributed by atoms with van der Waals surface area (Å²) in [6.07, 6.45) is 0.417. The van der Waals surface area contributed by atoms with Crippen molar-refractivity contribution in [1.82, 2.24) is 5.32 Å². The number of ether oxygens (including phenoxy) is 1. The first-order chi connectivity index (χ1) is 10.6. The highest BCUT2D eigenvalue weighted by molar-refractivity contribution is 6.07. The van der Waals surface area contributed by atoms with Gasteiger partial charge in [-0.05, 0) is 23.3 Å². The fourth-order valence-electron chi connectivity index (χ4n) is 2.71. The molecule has 1 aliphatic heterocycles. The Balaban J connectivity index is 2.05. The van der Waals surface area contributed by atoms with Crippen molar-refractivity contribution in [3.63, 3.8) is 0 Å². The van der Waals surface area contributed by atoms with Crippen LogP contribution in [0.1, 0.15) is 11.1 Å². The number of hydrogen-bond acceptors (Lipinski definition) is 4. The fourth-order valence-corrected chi connectivity index (χ4v) is 2.71. The quantitative estimate of drug-likeness (QED) is 0.899. The van der Waals surface area contributed by atoms with Crippen LogP contribution in [0, 0.1) is 0 Å². The minimum absolute atomic E-state index is 0.150. The summed E-state index contributed by atoms with van der Waals surface area (Å²) in [5.74, 6) is 0.687. The molecular weight excluding hydrogens is 278 g/mol. The molecule has 0 spiro atoms. The lowest BCUT2D eigenvalue weighted by Gasteiger charge is -2.24. The third kappa shape index (κ3) is 2.41. The van der Waals surface area contributed by atoms with Gasteiger partial charge in [0.25, 0.3) is 5.91 Å². The molecule has 1 aliphatic rings. The van der Waals surface area contributed by atoms with E-state index in [0.29, 0.717) is 6.42 Å². The molecule has 1 amide bonds. The molecule has 5 heteroatoms. The van der Waals surface area contributed by atoms with Gasteiger partial charge in [0.1, 0.15) is 5.75 Å². The Morgan fingerprint density at radius 3 is 2.59 bits per heavy atom. The van der Waals surface area contributed by atoms with Crippen LogP contribution in [0.25, 0.3) is 0 Å². The Morgan fingerprint density at radius 2 is 1.95 bits per heavy atom. The number of carbonyl (C=O) groups excluding carboxylic acids is 1. The second kappa shape index (κ2) is 5.52. The zero-order chi connectivity index (χ0) is 15.6. The minimum Gasteiger partial charge on any atom is -0.497 e. The van der Waals surface area contributed by atoms with Crippen LogP contribution in [0.5, 0.6) is 5.75 Å². The number of guanidine groups is 1. The van der Waals surface area contributed by atoms with Crippen molar-refractivity contribution in [1.29, 1.82) is 0 Å². The average molecular weight is 295 g/mol. The van der Waals surface area contributed by atoms with Gasteiger partial charge in [0.2, 0.25) is 0 Å². The highest BCUT2D eigenvalue weighted by Crippen LogP contribution is 2.33. The maximum atomic E-state index is 12.5. The summed E-state index contributed by atoms with van der Waals surface area (Å²) in [4.78, 5) is 16.9. The summed E-state index contributed by atoms with van der Waals surface area (Å²) in [6.45, 7) is 0. The van der Waals surface area contributed by atoms with Crippen molar-refractivity contribution in [3.05, 3.63) is 65.7 Å². The van der Waals surface area contributed by atoms with E-state index in [2.05, 4.69) is 10.3 Å². The minimum atomic E-state index is -1.03. The van der Waals surface area contributed by atoms with E-state index in [4.69, 9.17) is 10.5 Å². The summed E-state index contributed by atoms with van der Waals surface area (Å²) < 4.78 is 5.24. The first-order valence-corrected chi connectivity index (χ1v) is 6.99. The lowest BCUT2D eigenvalue weighted by molar-refractivity contribution is -0.124. The van der Waals surface area contributed by atoms with Gasteiger partial charge in [-0.2, -0.15) is 0 Å². The number of carbonyl (C=O) groups is 1. The Bertz CT molecular complexity index is 728. The maximum Gasteiger partial charge on any atom is 0.259 e. The number of methoxy groups -OCH3 is 1. The number of rotatable bonds is 4. The summed E-state index contributed by atoms with van der Waals surface area (Å²) in [6, 6.07) is 17.1. The van der Waals surface area contributed by atoms with Crippen molar-refractivity contribution >= 4 is 11.9 Å². The second-order valence-electron chi connectivity index (χ2n) is 5.21. The molecule has 3 rings (SSSR count). The summed E-state index contributed by atoms with van der Waals surface area (Å²) in [7, 11) is 1.62. The number of benzene rings is 2. The normalized spacial score (nSPS) is 20.4. The molecule has 5 nitrogen and oxygen atoms in total. The van der Waals surface area contributed by atoms with E-state index in [1.54, 1.807) is 7.11 Å². The van der Waals surface area contributed by atoms with E-state index in [9.17, 15) is 4.79 Å². The number of amides is 1. The smallest absolute Gasteiger partial charge is 0.259 e. The van der Waals surface area contributed by atoms with Crippen LogP contribution >= 0.6 is 0 Å². The van der Waals surface area contributed by atoms with Crippen LogP contribution in [0.4, 0.5) is 0 Å². The van der Waals surface area contributed by atoms with Crippen LogP contribution in [-0.2, 0) is 16.8 Å². The predicted octanol–water partition coefficient (Wildman–Crippen LogP) is 1.58. The first kappa shape index (κ1) is 14.1. The van der Waals surface area contributed by atoms with E-state index in [1.807, 2.05) is 54.6 Å². The molecule has 0 fully saturated rings. The third-order valence-corrected chi connectivity index (χ3v) is 3.77. The van der Waals surface area contributed by atoms with Gasteiger partial charge in [-0.25, -0.2) is 4.99 Å². The summed E-state index contributed by atoms with van der Waals surface area (Å²) in [5.41, 5.74) is 6.48. The Hall–Kier alpha value is -2.82. The van der Waals surface area contributed by atoms with E-state index in [-0.39, 0.29) is 11.9 Å². The Labute approximate surface area is 128 Å². The fraction of sp³-hybridized carbons (Fsp3) is 0.176. The highest BCUT2D eigenvalue weighted by atomic mass is 16.5. The average Bonchev–Trinajstić information content (AvgIpc) is 2.83. The third-order valence-electron chi connectivity index (χ3n) is 3.77. The van der Waals surface area contributed by atoms with E-state index < -0.39 is 5.54 Å². The lowest BCUT2D eigenvalue weighted by Crippen LogP contribution is -2.40. The van der Waals surface area contributed by atoms with Crippen molar-refractivity contribution in [2.45, 2.75) is 12.0 Å². The molecule has 0 aliphatic carbocycles. The number of nitrogens with two attached hydrogens (primary N) is 1. The molecule has 1 atom stereocenters. The highest BCUT2D eigenvalue weighted by Gasteiger charge is 2.44. The predicted molar refractivity (Wildman–Crippen MR) is 84.6 cm³/mol. The van der Waals surface area contributed by atoms with Crippen molar-refractivity contribution in [2.75, 3.05) is 7.11 Å². The molecule has 0 radical (unpaired) electrons. The Morgan fingerprint density at radius 1 is 1.18 bits per heavy atom. The molecule has 0 unspecified atom stereocenters. The van der Waals surface area contributed by atoms with Crippen LogP contribution < -0.4 is 15.8 Å². The molecule has 3 N–H and O–H groups in total. The molecule has 112 valence electrons. The maximum absolute atomic E-state index is 12.5. The van der Waals surface area contributed by atoms with Gasteiger partial charge in [-0.1, -0.05) is 42.5 Å². The molecule has 0 saturated heterocycles. The summed E-state index contributed by atoms with van der Waals surface area (Å²) >= 11 is 0. The van der Waals surface area contributed by atoms with Gasteiger partial charge in [0, 0.05) is 6.42 Å². The molecule has 2 aromatic rings. The van der Waals surface area contributed by atoms with Crippen LogP contribution in [0.15, 0.2) is 59.6 Å². The largest absolute Gasteiger partial charge is 0.497 e. The van der Waals surface area contributed by atoms with E-state index in [1.165, 1.54) is 0 Å². The van der Waals surface area contributed by atoms with Crippen LogP contribution in [0.3, 0.4) is 0 Å². The molecule has 0 bridgehead atoms. The van der Waals surface area contributed by atoms with Gasteiger partial charge in [0.05, 0.1) is 7.11 Å². The summed E-state index contributed by atoms with van der Waals surface area (Å²) in [5, 5.41) is 2.61. The van der Waals surface area contributed by atoms with Gasteiger partial charge in [0.15, 0.2) is 11.5 Å². The van der Waals surface area contributed by atoms with Crippen LogP contribution in [0.2, 0.25) is 0 Å². The topological polar surface area (TPSA) is 76.7 Å². The second-order valence-corrected chi connectivity index (χ2v) is 5.21. The zero-order valence-electron chi connectivity index (χ0n) is 12.2. The van der Waals surface area contributed by atoms with Gasteiger partial charge in [-0.15, -0.1) is 0 Å². The van der Waals surface area contributed by atoms with Gasteiger partial charge < -0.3 is 10.5 Å². The van der Waals surface area contributed by atoms with Crippen molar-refractivity contribution in [2.24, 2.45) is 10.7 Å². The van der Waals surface area contributed by atoms with Crippen LogP contribution in [-0.4, -0.2) is 19.0 Å². The van der Waals surface area contributed by atoms with Crippen molar-refractivity contribution < 1.29 is 9.53 Å². The lowest BCUT2D eigenvalue weighted by atomic mass is 9.84. The Kier molecular flexibility index (Phi) is 3.55. The standard InChI is InChI=1S/C17H17N3O2/c1-22-14-9-5-6-12(10-14)11-17(13-7-3-2-4-8-13)15(21)19-16(18)20-17/h2-10H,11H2,1H3,(H3,18,19,20,21)/t17-/m0/s1. The molecule has 22 heavy (non-hydrogen) atoms. The first-order valence-electron chi connectivity index (χ1n) is 6.99. The number of nitrogens with zero attached hydrogens (tertiary/aromatic N) is 1.